The molecule has 2 heterocycles. The number of hydrogen-bond donors (Lipinski definition) is 2. The van der Waals surface area contributed by atoms with Gasteiger partial charge in [-0.15, -0.1) is 11.3 Å². The smallest absolute Gasteiger partial charge is 0.239 e. The van der Waals surface area contributed by atoms with Crippen LogP contribution in [-0.4, -0.2) is 44.7 Å². The Balaban J connectivity index is 1.61. The molecule has 0 bridgehead atoms. The van der Waals surface area contributed by atoms with E-state index in [0.29, 0.717) is 19.4 Å². The predicted molar refractivity (Wildman–Crippen MR) is 110 cm³/mol. The molecular weight excluding hydrogens is 412 g/mol. The van der Waals surface area contributed by atoms with E-state index in [1.165, 1.54) is 23.5 Å². The average Bonchev–Trinajstić information content (AvgIpc) is 3.21. The Kier molecular flexibility index (Phi) is 6.71. The number of carbonyl (C=O) groups is 2. The molecule has 2 aromatic rings. The molecule has 3 N–H and O–H groups in total. The summed E-state index contributed by atoms with van der Waals surface area (Å²) in [5.41, 5.74) is 6.37. The van der Waals surface area contributed by atoms with E-state index < -0.39 is 20.5 Å². The SMILES string of the molecule is NC(=O)C1(S(=O)(=O)c2ccc(CCNC(=O)Cc3cccs3)cc2)CCOCC1. The van der Waals surface area contributed by atoms with Gasteiger partial charge in [-0.1, -0.05) is 18.2 Å². The Hall–Kier alpha value is -2.23. The molecule has 0 saturated carbocycles. The summed E-state index contributed by atoms with van der Waals surface area (Å²) >= 11 is 1.54. The Labute approximate surface area is 174 Å². The fraction of sp³-hybridized carbons (Fsp3) is 0.400. The van der Waals surface area contributed by atoms with Gasteiger partial charge in [0.1, 0.15) is 0 Å². The van der Waals surface area contributed by atoms with Gasteiger partial charge in [-0.05, 0) is 48.4 Å². The van der Waals surface area contributed by atoms with Gasteiger partial charge >= 0.3 is 0 Å². The second kappa shape index (κ2) is 9.06. The maximum atomic E-state index is 13.1. The topological polar surface area (TPSA) is 116 Å². The van der Waals surface area contributed by atoms with Crippen molar-refractivity contribution in [3.63, 3.8) is 0 Å². The molecule has 0 atom stereocenters. The molecule has 0 spiro atoms. The maximum absolute atomic E-state index is 13.1. The van der Waals surface area contributed by atoms with Crippen LogP contribution in [-0.2, 0) is 37.0 Å². The van der Waals surface area contributed by atoms with Crippen LogP contribution in [0.4, 0.5) is 0 Å². The van der Waals surface area contributed by atoms with Crippen LogP contribution in [0.5, 0.6) is 0 Å². The van der Waals surface area contributed by atoms with E-state index >= 15 is 0 Å². The number of primary amides is 1. The third-order valence-electron chi connectivity index (χ3n) is 5.15. The van der Waals surface area contributed by atoms with Crippen molar-refractivity contribution in [1.29, 1.82) is 0 Å². The lowest BCUT2D eigenvalue weighted by atomic mass is 9.98. The highest BCUT2D eigenvalue weighted by Crippen LogP contribution is 2.34. The second-order valence-corrected chi connectivity index (χ2v) is 10.3. The lowest BCUT2D eigenvalue weighted by molar-refractivity contribution is -0.123. The third kappa shape index (κ3) is 4.68. The van der Waals surface area contributed by atoms with E-state index in [-0.39, 0.29) is 36.9 Å². The van der Waals surface area contributed by atoms with Gasteiger partial charge in [-0.2, -0.15) is 0 Å². The predicted octanol–water partition coefficient (Wildman–Crippen LogP) is 1.46. The standard InChI is InChI=1S/C20H24N2O5S2/c21-19(24)20(8-11-27-12-9-20)29(25,26)17-5-3-15(4-6-17)7-10-22-18(23)14-16-2-1-13-28-16/h1-6,13H,7-12,14H2,(H2,21,24)(H,22,23). The largest absolute Gasteiger partial charge is 0.381 e. The zero-order chi connectivity index (χ0) is 20.9. The molecule has 1 aliphatic rings. The quantitative estimate of drug-likeness (QED) is 0.650. The van der Waals surface area contributed by atoms with Gasteiger partial charge in [0, 0.05) is 24.6 Å². The first-order valence-corrected chi connectivity index (χ1v) is 11.7. The Morgan fingerprint density at radius 3 is 2.41 bits per heavy atom. The molecule has 2 amide bonds. The molecule has 1 fully saturated rings. The van der Waals surface area contributed by atoms with Crippen molar-refractivity contribution < 1.29 is 22.7 Å². The summed E-state index contributed by atoms with van der Waals surface area (Å²) in [6.45, 7) is 0.829. The van der Waals surface area contributed by atoms with Gasteiger partial charge in [0.2, 0.25) is 11.8 Å². The zero-order valence-electron chi connectivity index (χ0n) is 15.9. The highest BCUT2D eigenvalue weighted by atomic mass is 32.2. The molecular formula is C20H24N2O5S2. The average molecular weight is 437 g/mol. The molecule has 1 aromatic carbocycles. The molecule has 0 aliphatic carbocycles. The number of carbonyl (C=O) groups excluding carboxylic acids is 2. The number of nitrogens with two attached hydrogens (primary N) is 1. The minimum absolute atomic E-state index is 0.0467. The number of rotatable bonds is 8. The summed E-state index contributed by atoms with van der Waals surface area (Å²) in [6.07, 6.45) is 1.05. The molecule has 3 rings (SSSR count). The van der Waals surface area contributed by atoms with Crippen molar-refractivity contribution in [2.75, 3.05) is 19.8 Å². The summed E-state index contributed by atoms with van der Waals surface area (Å²) in [5, 5.41) is 4.79. The van der Waals surface area contributed by atoms with Crippen molar-refractivity contribution in [2.45, 2.75) is 35.3 Å². The molecule has 9 heteroatoms. The van der Waals surface area contributed by atoms with Crippen LogP contribution in [0.3, 0.4) is 0 Å². The van der Waals surface area contributed by atoms with E-state index in [2.05, 4.69) is 5.32 Å². The number of nitrogens with one attached hydrogen (secondary N) is 1. The van der Waals surface area contributed by atoms with Gasteiger partial charge in [0.05, 0.1) is 11.3 Å². The van der Waals surface area contributed by atoms with Gasteiger partial charge in [0.15, 0.2) is 14.6 Å². The maximum Gasteiger partial charge on any atom is 0.239 e. The summed E-state index contributed by atoms with van der Waals surface area (Å²) in [6, 6.07) is 10.2. The Bertz CT molecular complexity index is 947. The highest BCUT2D eigenvalue weighted by molar-refractivity contribution is 7.93. The van der Waals surface area contributed by atoms with E-state index in [1.54, 1.807) is 12.1 Å². The van der Waals surface area contributed by atoms with Crippen molar-refractivity contribution in [1.82, 2.24) is 5.32 Å². The monoisotopic (exact) mass is 436 g/mol. The molecule has 156 valence electrons. The van der Waals surface area contributed by atoms with Crippen molar-refractivity contribution in [3.05, 3.63) is 52.2 Å². The third-order valence-corrected chi connectivity index (χ3v) is 8.56. The molecule has 29 heavy (non-hydrogen) atoms. The van der Waals surface area contributed by atoms with Crippen LogP contribution < -0.4 is 11.1 Å². The van der Waals surface area contributed by atoms with Crippen LogP contribution in [0.2, 0.25) is 0 Å². The first-order valence-electron chi connectivity index (χ1n) is 9.35. The van der Waals surface area contributed by atoms with Crippen LogP contribution in [0.1, 0.15) is 23.3 Å². The zero-order valence-corrected chi connectivity index (χ0v) is 17.6. The molecule has 0 radical (unpaired) electrons. The molecule has 1 saturated heterocycles. The Morgan fingerprint density at radius 1 is 1.14 bits per heavy atom. The van der Waals surface area contributed by atoms with Gasteiger partial charge in [-0.25, -0.2) is 8.42 Å². The lowest BCUT2D eigenvalue weighted by Crippen LogP contribution is -2.53. The number of benzene rings is 1. The minimum atomic E-state index is -3.93. The van der Waals surface area contributed by atoms with Gasteiger partial charge in [0.25, 0.3) is 0 Å². The van der Waals surface area contributed by atoms with Crippen LogP contribution in [0, 0.1) is 0 Å². The highest BCUT2D eigenvalue weighted by Gasteiger charge is 2.50. The first-order chi connectivity index (χ1) is 13.8. The van der Waals surface area contributed by atoms with Gasteiger partial charge < -0.3 is 15.8 Å². The number of amides is 2. The first kappa shape index (κ1) is 21.5. The fourth-order valence-corrected chi connectivity index (χ4v) is 6.01. The fourth-order valence-electron chi connectivity index (χ4n) is 3.39. The van der Waals surface area contributed by atoms with Crippen molar-refractivity contribution in [3.8, 4) is 0 Å². The summed E-state index contributed by atoms with van der Waals surface area (Å²) in [7, 11) is -3.93. The van der Waals surface area contributed by atoms with Gasteiger partial charge in [-0.3, -0.25) is 9.59 Å². The number of ether oxygens (including phenoxy) is 1. The molecule has 1 aromatic heterocycles. The van der Waals surface area contributed by atoms with Crippen LogP contribution in [0.15, 0.2) is 46.7 Å². The minimum Gasteiger partial charge on any atom is -0.381 e. The summed E-state index contributed by atoms with van der Waals surface area (Å²) < 4.78 is 29.8. The van der Waals surface area contributed by atoms with E-state index in [1.807, 2.05) is 17.5 Å². The second-order valence-electron chi connectivity index (χ2n) is 6.97. The van der Waals surface area contributed by atoms with Crippen molar-refractivity contribution in [2.24, 2.45) is 5.73 Å². The van der Waals surface area contributed by atoms with E-state index in [0.717, 1.165) is 10.4 Å². The summed E-state index contributed by atoms with van der Waals surface area (Å²) in [5.74, 6) is -0.882. The number of thiophene rings is 1. The number of hydrogen-bond acceptors (Lipinski definition) is 6. The van der Waals surface area contributed by atoms with Crippen LogP contribution >= 0.6 is 11.3 Å². The molecule has 0 unspecified atom stereocenters. The normalized spacial score (nSPS) is 16.3. The Morgan fingerprint density at radius 2 is 1.83 bits per heavy atom. The lowest BCUT2D eigenvalue weighted by Gasteiger charge is -2.33. The van der Waals surface area contributed by atoms with E-state index in [4.69, 9.17) is 10.5 Å². The van der Waals surface area contributed by atoms with Crippen molar-refractivity contribution >= 4 is 33.0 Å². The molecule has 1 aliphatic heterocycles. The van der Waals surface area contributed by atoms with E-state index in [9.17, 15) is 18.0 Å². The number of sulfone groups is 1. The summed E-state index contributed by atoms with van der Waals surface area (Å²) in [4.78, 5) is 25.0. The van der Waals surface area contributed by atoms with Crippen LogP contribution in [0.25, 0.3) is 0 Å². The molecule has 7 nitrogen and oxygen atoms in total.